The fourth-order valence-corrected chi connectivity index (χ4v) is 1.51. The van der Waals surface area contributed by atoms with Crippen molar-refractivity contribution in [3.8, 4) is 0 Å². The molecule has 3 heteroatoms. The summed E-state index contributed by atoms with van der Waals surface area (Å²) in [5, 5.41) is 0. The number of hydrogen-bond donors (Lipinski definition) is 1. The van der Waals surface area contributed by atoms with Gasteiger partial charge in [-0.05, 0) is 12.8 Å². The van der Waals surface area contributed by atoms with Gasteiger partial charge in [0, 0.05) is 31.4 Å². The molecule has 0 amide bonds. The Labute approximate surface area is 85.6 Å². The topological polar surface area (TPSA) is 43.8 Å². The van der Waals surface area contributed by atoms with E-state index in [0.717, 1.165) is 31.6 Å². The van der Waals surface area contributed by atoms with Crippen molar-refractivity contribution in [1.82, 2.24) is 9.55 Å². The lowest BCUT2D eigenvalue weighted by Gasteiger charge is -2.10. The highest BCUT2D eigenvalue weighted by atomic mass is 15.1. The predicted molar refractivity (Wildman–Crippen MR) is 59.0 cm³/mol. The number of aromatic nitrogens is 2. The lowest BCUT2D eigenvalue weighted by Crippen LogP contribution is -2.23. The van der Waals surface area contributed by atoms with Crippen LogP contribution in [0.4, 0.5) is 0 Å². The van der Waals surface area contributed by atoms with Gasteiger partial charge in [-0.1, -0.05) is 13.0 Å². The monoisotopic (exact) mass is 193 g/mol. The quantitative estimate of drug-likeness (QED) is 0.699. The smallest absolute Gasteiger partial charge is 0.110 e. The molecule has 1 atom stereocenters. The van der Waals surface area contributed by atoms with Crippen molar-refractivity contribution < 1.29 is 0 Å². The van der Waals surface area contributed by atoms with E-state index in [0.29, 0.717) is 0 Å². The SMILES string of the molecule is C=CCC(N)Cc1nccn1CCC. The minimum atomic E-state index is 0.144. The highest BCUT2D eigenvalue weighted by molar-refractivity contribution is 4.96. The van der Waals surface area contributed by atoms with Crippen molar-refractivity contribution in [3.05, 3.63) is 30.9 Å². The summed E-state index contributed by atoms with van der Waals surface area (Å²) in [5.74, 6) is 1.08. The molecule has 1 unspecified atom stereocenters. The molecule has 3 nitrogen and oxygen atoms in total. The van der Waals surface area contributed by atoms with Gasteiger partial charge in [0.1, 0.15) is 5.82 Å². The van der Waals surface area contributed by atoms with Gasteiger partial charge in [-0.3, -0.25) is 0 Å². The summed E-state index contributed by atoms with van der Waals surface area (Å²) in [4.78, 5) is 4.31. The molecule has 0 bridgehead atoms. The van der Waals surface area contributed by atoms with Crippen LogP contribution >= 0.6 is 0 Å². The highest BCUT2D eigenvalue weighted by Crippen LogP contribution is 2.04. The fourth-order valence-electron chi connectivity index (χ4n) is 1.51. The predicted octanol–water partition coefficient (Wildman–Crippen LogP) is 1.74. The lowest BCUT2D eigenvalue weighted by atomic mass is 10.1. The normalized spacial score (nSPS) is 12.7. The van der Waals surface area contributed by atoms with Crippen molar-refractivity contribution in [3.63, 3.8) is 0 Å². The summed E-state index contributed by atoms with van der Waals surface area (Å²) in [6, 6.07) is 0.144. The molecule has 0 aromatic carbocycles. The number of imidazole rings is 1. The van der Waals surface area contributed by atoms with Crippen LogP contribution in [0.2, 0.25) is 0 Å². The summed E-state index contributed by atoms with van der Waals surface area (Å²) in [7, 11) is 0. The minimum absolute atomic E-state index is 0.144. The molecule has 2 N–H and O–H groups in total. The van der Waals surface area contributed by atoms with E-state index in [9.17, 15) is 0 Å². The summed E-state index contributed by atoms with van der Waals surface area (Å²) in [6.07, 6.45) is 8.51. The summed E-state index contributed by atoms with van der Waals surface area (Å²) >= 11 is 0. The van der Waals surface area contributed by atoms with Crippen LogP contribution in [-0.2, 0) is 13.0 Å². The zero-order valence-corrected chi connectivity index (χ0v) is 8.82. The van der Waals surface area contributed by atoms with Crippen molar-refractivity contribution in [2.45, 2.75) is 38.8 Å². The maximum Gasteiger partial charge on any atom is 0.110 e. The molecule has 0 saturated carbocycles. The Morgan fingerprint density at radius 2 is 2.50 bits per heavy atom. The summed E-state index contributed by atoms with van der Waals surface area (Å²) in [6.45, 7) is 6.87. The Balaban J connectivity index is 2.56. The molecule has 0 spiro atoms. The molecule has 0 aliphatic heterocycles. The molecule has 0 aliphatic carbocycles. The number of rotatable bonds is 6. The van der Waals surface area contributed by atoms with Crippen LogP contribution in [0.1, 0.15) is 25.6 Å². The van der Waals surface area contributed by atoms with Gasteiger partial charge in [0.25, 0.3) is 0 Å². The van der Waals surface area contributed by atoms with Gasteiger partial charge in [-0.25, -0.2) is 4.98 Å². The van der Waals surface area contributed by atoms with E-state index in [1.165, 1.54) is 0 Å². The van der Waals surface area contributed by atoms with Crippen molar-refractivity contribution >= 4 is 0 Å². The maximum atomic E-state index is 5.92. The molecule has 0 saturated heterocycles. The van der Waals surface area contributed by atoms with Crippen molar-refractivity contribution in [1.29, 1.82) is 0 Å². The van der Waals surface area contributed by atoms with E-state index in [1.54, 1.807) is 0 Å². The van der Waals surface area contributed by atoms with E-state index in [4.69, 9.17) is 5.73 Å². The molecular weight excluding hydrogens is 174 g/mol. The molecule has 14 heavy (non-hydrogen) atoms. The van der Waals surface area contributed by atoms with Crippen LogP contribution < -0.4 is 5.73 Å². The highest BCUT2D eigenvalue weighted by Gasteiger charge is 2.06. The second-order valence-electron chi connectivity index (χ2n) is 3.53. The van der Waals surface area contributed by atoms with Crippen LogP contribution in [0.25, 0.3) is 0 Å². The zero-order chi connectivity index (χ0) is 10.4. The van der Waals surface area contributed by atoms with E-state index in [2.05, 4.69) is 23.1 Å². The van der Waals surface area contributed by atoms with Gasteiger partial charge in [-0.15, -0.1) is 6.58 Å². The first-order valence-corrected chi connectivity index (χ1v) is 5.14. The third-order valence-electron chi connectivity index (χ3n) is 2.18. The van der Waals surface area contributed by atoms with E-state index in [-0.39, 0.29) is 6.04 Å². The minimum Gasteiger partial charge on any atom is -0.335 e. The molecule has 0 fully saturated rings. The first-order valence-electron chi connectivity index (χ1n) is 5.14. The van der Waals surface area contributed by atoms with Gasteiger partial charge in [0.05, 0.1) is 0 Å². The van der Waals surface area contributed by atoms with E-state index < -0.39 is 0 Å². The first kappa shape index (κ1) is 11.0. The maximum absolute atomic E-state index is 5.92. The van der Waals surface area contributed by atoms with Gasteiger partial charge in [-0.2, -0.15) is 0 Å². The average Bonchev–Trinajstić information content (AvgIpc) is 2.54. The van der Waals surface area contributed by atoms with Gasteiger partial charge in [0.15, 0.2) is 0 Å². The molecule has 1 rings (SSSR count). The van der Waals surface area contributed by atoms with Crippen LogP contribution in [-0.4, -0.2) is 15.6 Å². The van der Waals surface area contributed by atoms with Gasteiger partial charge in [0.2, 0.25) is 0 Å². The first-order chi connectivity index (χ1) is 6.77. The Morgan fingerprint density at radius 3 is 3.14 bits per heavy atom. The number of aryl methyl sites for hydroxylation is 1. The van der Waals surface area contributed by atoms with Gasteiger partial charge < -0.3 is 10.3 Å². The molecule has 1 aromatic rings. The molecule has 0 aliphatic rings. The van der Waals surface area contributed by atoms with Crippen LogP contribution in [0.5, 0.6) is 0 Å². The Hall–Kier alpha value is -1.09. The molecular formula is C11H19N3. The third-order valence-corrected chi connectivity index (χ3v) is 2.18. The molecule has 0 radical (unpaired) electrons. The molecule has 1 aromatic heterocycles. The van der Waals surface area contributed by atoms with E-state index >= 15 is 0 Å². The third kappa shape index (κ3) is 3.00. The fraction of sp³-hybridized carbons (Fsp3) is 0.545. The van der Waals surface area contributed by atoms with Crippen molar-refractivity contribution in [2.75, 3.05) is 0 Å². The van der Waals surface area contributed by atoms with Crippen LogP contribution in [0.3, 0.4) is 0 Å². The molecule has 78 valence electrons. The Kier molecular flexibility index (Phi) is 4.40. The molecule has 1 heterocycles. The van der Waals surface area contributed by atoms with Crippen molar-refractivity contribution in [2.24, 2.45) is 5.73 Å². The van der Waals surface area contributed by atoms with Crippen LogP contribution in [0, 0.1) is 0 Å². The average molecular weight is 193 g/mol. The number of nitrogens with zero attached hydrogens (tertiary/aromatic N) is 2. The Bertz CT molecular complexity index is 278. The van der Waals surface area contributed by atoms with Crippen LogP contribution in [0.15, 0.2) is 25.0 Å². The number of hydrogen-bond acceptors (Lipinski definition) is 2. The number of nitrogens with two attached hydrogens (primary N) is 1. The standard InChI is InChI=1S/C11H19N3/c1-3-5-10(12)9-11-13-6-8-14(11)7-4-2/h3,6,8,10H,1,4-5,7,9,12H2,2H3. The summed E-state index contributed by atoms with van der Waals surface area (Å²) in [5.41, 5.74) is 5.92. The summed E-state index contributed by atoms with van der Waals surface area (Å²) < 4.78 is 2.17. The Morgan fingerprint density at radius 1 is 1.71 bits per heavy atom. The van der Waals surface area contributed by atoms with Gasteiger partial charge >= 0.3 is 0 Å². The second kappa shape index (κ2) is 5.60. The zero-order valence-electron chi connectivity index (χ0n) is 8.82. The second-order valence-corrected chi connectivity index (χ2v) is 3.53. The largest absolute Gasteiger partial charge is 0.335 e. The van der Waals surface area contributed by atoms with E-state index in [1.807, 2.05) is 18.5 Å². The lowest BCUT2D eigenvalue weighted by molar-refractivity contribution is 0.587.